The highest BCUT2D eigenvalue weighted by molar-refractivity contribution is 9.10. The summed E-state index contributed by atoms with van der Waals surface area (Å²) in [6, 6.07) is 6.21. The number of para-hydroxylation sites is 1. The lowest BCUT2D eigenvalue weighted by molar-refractivity contribution is 0.256. The minimum Gasteiger partial charge on any atom is -0.507 e. The Hall–Kier alpha value is -1.23. The van der Waals surface area contributed by atoms with Crippen molar-refractivity contribution >= 4 is 22.0 Å². The molecule has 2 amide bonds. The number of benzene rings is 1. The summed E-state index contributed by atoms with van der Waals surface area (Å²) in [4.78, 5) is 9.00. The van der Waals surface area contributed by atoms with Crippen LogP contribution in [-0.4, -0.2) is 11.1 Å². The molecule has 1 aromatic rings. The SMILES string of the molecule is NC(N)=O.Oc1ccccc1Br. The van der Waals surface area contributed by atoms with Crippen LogP contribution in [0.25, 0.3) is 0 Å². The van der Waals surface area contributed by atoms with Crippen LogP contribution in [0, 0.1) is 0 Å². The Balaban J connectivity index is 0.000000261. The molecule has 0 saturated heterocycles. The van der Waals surface area contributed by atoms with E-state index >= 15 is 0 Å². The van der Waals surface area contributed by atoms with Gasteiger partial charge in [0.05, 0.1) is 4.47 Å². The molecule has 0 fully saturated rings. The van der Waals surface area contributed by atoms with E-state index in [-0.39, 0.29) is 5.75 Å². The van der Waals surface area contributed by atoms with E-state index in [1.165, 1.54) is 0 Å². The lowest BCUT2D eigenvalue weighted by Gasteiger charge is -1.90. The summed E-state index contributed by atoms with van der Waals surface area (Å²) in [5.74, 6) is 0.285. The molecule has 5 heteroatoms. The number of phenols is 1. The summed E-state index contributed by atoms with van der Waals surface area (Å²) in [7, 11) is 0. The molecule has 1 aromatic carbocycles. The first kappa shape index (κ1) is 10.8. The second kappa shape index (κ2) is 5.42. The molecule has 0 bridgehead atoms. The number of hydrogen-bond donors (Lipinski definition) is 3. The summed E-state index contributed by atoms with van der Waals surface area (Å²) in [6.07, 6.45) is 0. The van der Waals surface area contributed by atoms with Crippen LogP contribution in [-0.2, 0) is 0 Å². The predicted octanol–water partition coefficient (Wildman–Crippen LogP) is 1.18. The summed E-state index contributed by atoms with van der Waals surface area (Å²) in [5.41, 5.74) is 8.50. The number of aromatic hydroxyl groups is 1. The first-order valence-corrected chi connectivity index (χ1v) is 3.81. The number of carbonyl (C=O) groups is 1. The van der Waals surface area contributed by atoms with E-state index < -0.39 is 6.03 Å². The van der Waals surface area contributed by atoms with E-state index in [0.29, 0.717) is 0 Å². The van der Waals surface area contributed by atoms with Crippen molar-refractivity contribution in [3.05, 3.63) is 28.7 Å². The van der Waals surface area contributed by atoms with Gasteiger partial charge >= 0.3 is 6.03 Å². The van der Waals surface area contributed by atoms with Gasteiger partial charge in [-0.3, -0.25) is 0 Å². The zero-order chi connectivity index (χ0) is 9.56. The molecule has 4 nitrogen and oxygen atoms in total. The average Bonchev–Trinajstić information content (AvgIpc) is 1.94. The second-order valence-corrected chi connectivity index (χ2v) is 2.71. The maximum absolute atomic E-state index is 9.00. The summed E-state index contributed by atoms with van der Waals surface area (Å²) in [5, 5.41) is 8.87. The molecule has 0 aliphatic carbocycles. The van der Waals surface area contributed by atoms with Crippen molar-refractivity contribution < 1.29 is 9.90 Å². The number of amides is 2. The third-order valence-electron chi connectivity index (χ3n) is 0.852. The quantitative estimate of drug-likeness (QED) is 0.627. The fourth-order valence-electron chi connectivity index (χ4n) is 0.452. The minimum atomic E-state index is -0.833. The summed E-state index contributed by atoms with van der Waals surface area (Å²) >= 11 is 3.15. The number of hydrogen-bond acceptors (Lipinski definition) is 2. The van der Waals surface area contributed by atoms with Gasteiger partial charge < -0.3 is 16.6 Å². The zero-order valence-corrected chi connectivity index (χ0v) is 7.78. The molecule has 66 valence electrons. The fraction of sp³-hybridized carbons (Fsp3) is 0. The van der Waals surface area contributed by atoms with Gasteiger partial charge in [0.15, 0.2) is 0 Å². The molecule has 0 atom stereocenters. The van der Waals surface area contributed by atoms with Crippen LogP contribution in [0.2, 0.25) is 0 Å². The Labute approximate surface area is 78.3 Å². The van der Waals surface area contributed by atoms with Gasteiger partial charge in [-0.2, -0.15) is 0 Å². The fourth-order valence-corrected chi connectivity index (χ4v) is 0.737. The third kappa shape index (κ3) is 5.55. The predicted molar refractivity (Wildman–Crippen MR) is 49.6 cm³/mol. The van der Waals surface area contributed by atoms with Gasteiger partial charge in [0.1, 0.15) is 5.75 Å². The van der Waals surface area contributed by atoms with Gasteiger partial charge in [-0.1, -0.05) is 12.1 Å². The van der Waals surface area contributed by atoms with Crippen molar-refractivity contribution in [3.8, 4) is 5.75 Å². The highest BCUT2D eigenvalue weighted by Gasteiger charge is 1.89. The molecule has 0 spiro atoms. The second-order valence-electron chi connectivity index (χ2n) is 1.85. The van der Waals surface area contributed by atoms with E-state index in [9.17, 15) is 0 Å². The minimum absolute atomic E-state index is 0.285. The van der Waals surface area contributed by atoms with Crippen molar-refractivity contribution in [3.63, 3.8) is 0 Å². The Morgan fingerprint density at radius 1 is 1.33 bits per heavy atom. The highest BCUT2D eigenvalue weighted by atomic mass is 79.9. The van der Waals surface area contributed by atoms with E-state index in [1.807, 2.05) is 6.07 Å². The van der Waals surface area contributed by atoms with E-state index in [0.717, 1.165) is 4.47 Å². The number of urea groups is 1. The molecule has 1 rings (SSSR count). The van der Waals surface area contributed by atoms with Crippen molar-refractivity contribution in [1.82, 2.24) is 0 Å². The number of nitrogens with two attached hydrogens (primary N) is 2. The highest BCUT2D eigenvalue weighted by Crippen LogP contribution is 2.21. The van der Waals surface area contributed by atoms with Crippen LogP contribution in [0.1, 0.15) is 0 Å². The zero-order valence-electron chi connectivity index (χ0n) is 6.20. The number of phenolic OH excluding ortho intramolecular Hbond substituents is 1. The largest absolute Gasteiger partial charge is 0.507 e. The van der Waals surface area contributed by atoms with E-state index in [1.54, 1.807) is 18.2 Å². The van der Waals surface area contributed by atoms with E-state index in [4.69, 9.17) is 9.90 Å². The first-order valence-electron chi connectivity index (χ1n) is 3.02. The van der Waals surface area contributed by atoms with Crippen LogP contribution in [0.3, 0.4) is 0 Å². The molecule has 0 radical (unpaired) electrons. The monoisotopic (exact) mass is 232 g/mol. The molecule has 0 aliphatic heterocycles. The number of rotatable bonds is 0. The van der Waals surface area contributed by atoms with Gasteiger partial charge in [-0.25, -0.2) is 4.79 Å². The topological polar surface area (TPSA) is 89.3 Å². The normalized spacial score (nSPS) is 8.08. The maximum Gasteiger partial charge on any atom is 0.309 e. The number of carbonyl (C=O) groups excluding carboxylic acids is 1. The molecule has 0 aliphatic rings. The van der Waals surface area contributed by atoms with Crippen LogP contribution >= 0.6 is 15.9 Å². The average molecular weight is 233 g/mol. The summed E-state index contributed by atoms with van der Waals surface area (Å²) < 4.78 is 0.736. The van der Waals surface area contributed by atoms with Crippen LogP contribution in [0.15, 0.2) is 28.7 Å². The molecule has 0 unspecified atom stereocenters. The van der Waals surface area contributed by atoms with Crippen molar-refractivity contribution in [2.75, 3.05) is 0 Å². The molecule has 5 N–H and O–H groups in total. The summed E-state index contributed by atoms with van der Waals surface area (Å²) in [6.45, 7) is 0. The Morgan fingerprint density at radius 2 is 1.75 bits per heavy atom. The Morgan fingerprint density at radius 3 is 2.00 bits per heavy atom. The Bertz CT molecular complexity index is 240. The van der Waals surface area contributed by atoms with Crippen molar-refractivity contribution in [2.24, 2.45) is 11.5 Å². The molecule has 12 heavy (non-hydrogen) atoms. The van der Waals surface area contributed by atoms with Gasteiger partial charge in [0.2, 0.25) is 0 Å². The molecular formula is C7H9BrN2O2. The van der Waals surface area contributed by atoms with Crippen molar-refractivity contribution in [1.29, 1.82) is 0 Å². The molecular weight excluding hydrogens is 224 g/mol. The van der Waals surface area contributed by atoms with Crippen LogP contribution < -0.4 is 11.5 Å². The Kier molecular flexibility index (Phi) is 4.87. The maximum atomic E-state index is 9.00. The van der Waals surface area contributed by atoms with Crippen LogP contribution in [0.4, 0.5) is 4.79 Å². The molecule has 0 heterocycles. The van der Waals surface area contributed by atoms with Gasteiger partial charge in [0.25, 0.3) is 0 Å². The van der Waals surface area contributed by atoms with Gasteiger partial charge in [0, 0.05) is 0 Å². The molecule has 0 saturated carbocycles. The number of primary amides is 2. The van der Waals surface area contributed by atoms with E-state index in [2.05, 4.69) is 27.4 Å². The van der Waals surface area contributed by atoms with Crippen molar-refractivity contribution in [2.45, 2.75) is 0 Å². The third-order valence-corrected chi connectivity index (χ3v) is 1.52. The smallest absolute Gasteiger partial charge is 0.309 e. The first-order chi connectivity index (χ1) is 5.54. The molecule has 0 aromatic heterocycles. The lowest BCUT2D eigenvalue weighted by atomic mass is 10.3. The van der Waals surface area contributed by atoms with Gasteiger partial charge in [-0.05, 0) is 28.1 Å². The van der Waals surface area contributed by atoms with Crippen LogP contribution in [0.5, 0.6) is 5.75 Å². The lowest BCUT2D eigenvalue weighted by Crippen LogP contribution is -2.18. The number of halogens is 1. The van der Waals surface area contributed by atoms with Gasteiger partial charge in [-0.15, -0.1) is 0 Å². The standard InChI is InChI=1S/C6H5BrO.CH4N2O/c7-5-3-1-2-4-6(5)8;2-1(3)4/h1-4,8H;(H4,2,3,4).